The summed E-state index contributed by atoms with van der Waals surface area (Å²) in [5, 5.41) is 3.27. The molecule has 4 rings (SSSR count). The minimum absolute atomic E-state index is 0.109. The number of carbonyl (C=O) groups excluding carboxylic acids is 2. The number of rotatable bonds is 2. The quantitative estimate of drug-likeness (QED) is 0.848. The van der Waals surface area contributed by atoms with Gasteiger partial charge in [-0.2, -0.15) is 0 Å². The van der Waals surface area contributed by atoms with E-state index in [9.17, 15) is 9.59 Å². The van der Waals surface area contributed by atoms with Gasteiger partial charge in [-0.25, -0.2) is 4.79 Å². The van der Waals surface area contributed by atoms with Gasteiger partial charge in [-0.15, -0.1) is 0 Å². The number of dihydropyridines is 1. The number of esters is 1. The van der Waals surface area contributed by atoms with E-state index >= 15 is 0 Å². The molecular formula is C18H17NO4. The Bertz CT molecular complexity index is 775. The zero-order valence-corrected chi connectivity index (χ0v) is 12.8. The van der Waals surface area contributed by atoms with E-state index in [4.69, 9.17) is 9.47 Å². The first-order valence-electron chi connectivity index (χ1n) is 7.76. The number of ether oxygens (including phenoxy) is 2. The number of benzene rings is 1. The fourth-order valence-corrected chi connectivity index (χ4v) is 3.62. The van der Waals surface area contributed by atoms with Gasteiger partial charge in [0.2, 0.25) is 0 Å². The minimum Gasteiger partial charge on any atom is -0.497 e. The number of hydrogen-bond donors (Lipinski definition) is 1. The molecule has 0 aromatic heterocycles. The molecule has 3 aliphatic rings. The van der Waals surface area contributed by atoms with E-state index in [-0.39, 0.29) is 24.3 Å². The molecule has 0 fully saturated rings. The van der Waals surface area contributed by atoms with Crippen molar-refractivity contribution in [2.45, 2.75) is 25.2 Å². The van der Waals surface area contributed by atoms with Crippen LogP contribution in [-0.2, 0) is 14.3 Å². The summed E-state index contributed by atoms with van der Waals surface area (Å²) in [6, 6.07) is 7.55. The van der Waals surface area contributed by atoms with Crippen LogP contribution in [0.25, 0.3) is 0 Å². The monoisotopic (exact) mass is 311 g/mol. The Morgan fingerprint density at radius 1 is 1.17 bits per heavy atom. The second kappa shape index (κ2) is 5.26. The Morgan fingerprint density at radius 3 is 2.87 bits per heavy atom. The van der Waals surface area contributed by atoms with E-state index in [0.29, 0.717) is 23.3 Å². The van der Waals surface area contributed by atoms with Crippen molar-refractivity contribution >= 4 is 11.8 Å². The van der Waals surface area contributed by atoms with Crippen LogP contribution in [0.5, 0.6) is 5.75 Å². The lowest BCUT2D eigenvalue weighted by atomic mass is 9.75. The van der Waals surface area contributed by atoms with Crippen LogP contribution < -0.4 is 10.1 Å². The Morgan fingerprint density at radius 2 is 2.04 bits per heavy atom. The molecule has 0 spiro atoms. The molecule has 0 bridgehead atoms. The van der Waals surface area contributed by atoms with Crippen LogP contribution >= 0.6 is 0 Å². The largest absolute Gasteiger partial charge is 0.497 e. The van der Waals surface area contributed by atoms with Crippen LogP contribution in [0.3, 0.4) is 0 Å². The van der Waals surface area contributed by atoms with E-state index in [1.54, 1.807) is 7.11 Å². The van der Waals surface area contributed by atoms with Crippen molar-refractivity contribution in [1.82, 2.24) is 5.32 Å². The standard InChI is InChI=1S/C18H17NO4/c1-22-11-5-2-4-10(8-11)15-16-12(6-3-7-14(16)20)19-13-9-23-18(21)17(13)15/h2,4-5,8,15,19H,3,6-7,9H2,1H3. The Balaban J connectivity index is 1.89. The number of cyclic esters (lactones) is 1. The first-order valence-corrected chi connectivity index (χ1v) is 7.76. The highest BCUT2D eigenvalue weighted by Crippen LogP contribution is 2.44. The molecule has 118 valence electrons. The van der Waals surface area contributed by atoms with Crippen LogP contribution in [0.2, 0.25) is 0 Å². The third-order valence-corrected chi connectivity index (χ3v) is 4.66. The minimum atomic E-state index is -0.362. The second-order valence-electron chi connectivity index (χ2n) is 5.97. The molecule has 0 amide bonds. The van der Waals surface area contributed by atoms with Gasteiger partial charge in [0.25, 0.3) is 0 Å². The summed E-state index contributed by atoms with van der Waals surface area (Å²) in [6.07, 6.45) is 2.19. The molecule has 0 saturated carbocycles. The maximum atomic E-state index is 12.6. The molecule has 5 nitrogen and oxygen atoms in total. The van der Waals surface area contributed by atoms with Crippen LogP contribution in [0, 0.1) is 0 Å². The van der Waals surface area contributed by atoms with E-state index in [2.05, 4.69) is 5.32 Å². The van der Waals surface area contributed by atoms with Crippen molar-refractivity contribution in [2.75, 3.05) is 13.7 Å². The highest BCUT2D eigenvalue weighted by Gasteiger charge is 2.42. The topological polar surface area (TPSA) is 64.6 Å². The van der Waals surface area contributed by atoms with Gasteiger partial charge in [0.1, 0.15) is 12.4 Å². The number of Topliss-reactive ketones (excluding diaryl/α,β-unsaturated/α-hetero) is 1. The third-order valence-electron chi connectivity index (χ3n) is 4.66. The molecule has 1 aromatic carbocycles. The molecule has 5 heteroatoms. The molecule has 2 heterocycles. The van der Waals surface area contributed by atoms with Gasteiger partial charge in [-0.1, -0.05) is 12.1 Å². The van der Waals surface area contributed by atoms with Gasteiger partial charge in [-0.3, -0.25) is 4.79 Å². The average Bonchev–Trinajstić information content (AvgIpc) is 2.94. The first-order chi connectivity index (χ1) is 11.2. The average molecular weight is 311 g/mol. The lowest BCUT2D eigenvalue weighted by Gasteiger charge is -2.32. The van der Waals surface area contributed by atoms with Crippen molar-refractivity contribution in [3.63, 3.8) is 0 Å². The van der Waals surface area contributed by atoms with Crippen LogP contribution in [-0.4, -0.2) is 25.5 Å². The molecule has 1 N–H and O–H groups in total. The molecule has 0 saturated heterocycles. The van der Waals surface area contributed by atoms with E-state index in [0.717, 1.165) is 29.8 Å². The predicted octanol–water partition coefficient (Wildman–Crippen LogP) is 2.20. The van der Waals surface area contributed by atoms with Crippen molar-refractivity contribution in [2.24, 2.45) is 0 Å². The van der Waals surface area contributed by atoms with Gasteiger partial charge in [-0.05, 0) is 30.5 Å². The fourth-order valence-electron chi connectivity index (χ4n) is 3.62. The second-order valence-corrected chi connectivity index (χ2v) is 5.97. The fraction of sp³-hybridized carbons (Fsp3) is 0.333. The predicted molar refractivity (Wildman–Crippen MR) is 82.7 cm³/mol. The summed E-state index contributed by atoms with van der Waals surface area (Å²) in [4.78, 5) is 24.8. The number of allylic oxidation sites excluding steroid dienone is 2. The summed E-state index contributed by atoms with van der Waals surface area (Å²) in [5.41, 5.74) is 3.89. The van der Waals surface area contributed by atoms with Crippen molar-refractivity contribution in [3.05, 3.63) is 52.4 Å². The summed E-state index contributed by atoms with van der Waals surface area (Å²) in [7, 11) is 1.60. The van der Waals surface area contributed by atoms with Gasteiger partial charge in [0.15, 0.2) is 5.78 Å². The van der Waals surface area contributed by atoms with E-state index in [1.165, 1.54) is 0 Å². The summed E-state index contributed by atoms with van der Waals surface area (Å²) < 4.78 is 10.5. The molecule has 1 aromatic rings. The lowest BCUT2D eigenvalue weighted by molar-refractivity contribution is -0.136. The number of ketones is 1. The SMILES string of the molecule is COc1cccc(C2C3=C(CCCC3=O)NC3=C2C(=O)OC3)c1. The molecule has 1 aliphatic carbocycles. The summed E-state index contributed by atoms with van der Waals surface area (Å²) in [6.45, 7) is 0.250. The Hall–Kier alpha value is -2.56. The number of methoxy groups -OCH3 is 1. The smallest absolute Gasteiger partial charge is 0.337 e. The zero-order valence-electron chi connectivity index (χ0n) is 12.8. The molecule has 1 atom stereocenters. The maximum absolute atomic E-state index is 12.6. The number of nitrogens with one attached hydrogen (secondary N) is 1. The maximum Gasteiger partial charge on any atom is 0.337 e. The normalized spacial score (nSPS) is 23.3. The highest BCUT2D eigenvalue weighted by atomic mass is 16.5. The van der Waals surface area contributed by atoms with E-state index < -0.39 is 0 Å². The van der Waals surface area contributed by atoms with Crippen LogP contribution in [0.1, 0.15) is 30.7 Å². The number of carbonyl (C=O) groups is 2. The molecule has 2 aliphatic heterocycles. The van der Waals surface area contributed by atoms with Gasteiger partial charge >= 0.3 is 5.97 Å². The summed E-state index contributed by atoms with van der Waals surface area (Å²) in [5.74, 6) is 0.113. The van der Waals surface area contributed by atoms with Crippen molar-refractivity contribution in [1.29, 1.82) is 0 Å². The lowest BCUT2D eigenvalue weighted by Crippen LogP contribution is -2.32. The van der Waals surface area contributed by atoms with Gasteiger partial charge in [0.05, 0.1) is 18.4 Å². The molecule has 23 heavy (non-hydrogen) atoms. The van der Waals surface area contributed by atoms with Crippen LogP contribution in [0.4, 0.5) is 0 Å². The number of hydrogen-bond acceptors (Lipinski definition) is 5. The van der Waals surface area contributed by atoms with Gasteiger partial charge < -0.3 is 14.8 Å². The molecular weight excluding hydrogens is 294 g/mol. The highest BCUT2D eigenvalue weighted by molar-refractivity contribution is 6.04. The molecule has 0 radical (unpaired) electrons. The molecule has 1 unspecified atom stereocenters. The zero-order chi connectivity index (χ0) is 16.0. The first kappa shape index (κ1) is 14.1. The Labute approximate surface area is 134 Å². The van der Waals surface area contributed by atoms with Crippen LogP contribution in [0.15, 0.2) is 46.8 Å². The Kier molecular flexibility index (Phi) is 3.22. The van der Waals surface area contributed by atoms with Crippen molar-refractivity contribution < 1.29 is 19.1 Å². The van der Waals surface area contributed by atoms with Crippen molar-refractivity contribution in [3.8, 4) is 5.75 Å². The van der Waals surface area contributed by atoms with Gasteiger partial charge in [0, 0.05) is 23.6 Å². The van der Waals surface area contributed by atoms with E-state index in [1.807, 2.05) is 24.3 Å². The third kappa shape index (κ3) is 2.15. The summed E-state index contributed by atoms with van der Waals surface area (Å²) >= 11 is 0.